The molecule has 0 amide bonds. The van der Waals surface area contributed by atoms with Crippen molar-refractivity contribution in [1.29, 1.82) is 0 Å². The molecule has 0 aliphatic rings. The molecule has 0 fully saturated rings. The minimum atomic E-state index is -0.362. The fourth-order valence-electron chi connectivity index (χ4n) is 2.18. The maximum absolute atomic E-state index is 13.4. The molecule has 1 aromatic heterocycles. The average Bonchev–Trinajstić information content (AvgIpc) is 2.47. The van der Waals surface area contributed by atoms with Crippen molar-refractivity contribution >= 4 is 11.6 Å². The molecule has 4 heteroatoms. The summed E-state index contributed by atoms with van der Waals surface area (Å²) in [6.07, 6.45) is 0. The van der Waals surface area contributed by atoms with E-state index in [9.17, 15) is 8.78 Å². The Morgan fingerprint density at radius 2 is 1.38 bits per heavy atom. The lowest BCUT2D eigenvalue weighted by Crippen LogP contribution is -1.91. The van der Waals surface area contributed by atoms with Gasteiger partial charge in [0, 0.05) is 11.1 Å². The van der Waals surface area contributed by atoms with E-state index in [0.717, 1.165) is 0 Å². The van der Waals surface area contributed by atoms with Crippen LogP contribution in [0.1, 0.15) is 0 Å². The van der Waals surface area contributed by atoms with Gasteiger partial charge in [-0.25, -0.2) is 13.8 Å². The summed E-state index contributed by atoms with van der Waals surface area (Å²) in [6.45, 7) is 0. The molecular weight excluding hydrogens is 292 g/mol. The van der Waals surface area contributed by atoms with Gasteiger partial charge in [0.1, 0.15) is 16.8 Å². The van der Waals surface area contributed by atoms with Gasteiger partial charge in [-0.2, -0.15) is 0 Å². The van der Waals surface area contributed by atoms with Crippen molar-refractivity contribution in [2.45, 2.75) is 0 Å². The number of hydrogen-bond acceptors (Lipinski definition) is 1. The third-order valence-electron chi connectivity index (χ3n) is 3.09. The van der Waals surface area contributed by atoms with Crippen LogP contribution in [0.2, 0.25) is 5.15 Å². The molecular formula is C17H10ClF2N. The Balaban J connectivity index is 2.22. The third kappa shape index (κ3) is 2.93. The summed E-state index contributed by atoms with van der Waals surface area (Å²) in [5, 5.41) is 0.300. The summed E-state index contributed by atoms with van der Waals surface area (Å²) < 4.78 is 26.9. The minimum Gasteiger partial charge on any atom is -0.235 e. The van der Waals surface area contributed by atoms with E-state index in [0.29, 0.717) is 27.5 Å². The van der Waals surface area contributed by atoms with Crippen LogP contribution in [0.25, 0.3) is 22.4 Å². The van der Waals surface area contributed by atoms with Crippen LogP contribution in [0, 0.1) is 11.6 Å². The zero-order chi connectivity index (χ0) is 14.8. The highest BCUT2D eigenvalue weighted by Crippen LogP contribution is 2.32. The molecule has 0 atom stereocenters. The molecule has 1 nitrogen and oxygen atoms in total. The van der Waals surface area contributed by atoms with Crippen molar-refractivity contribution < 1.29 is 8.78 Å². The third-order valence-corrected chi connectivity index (χ3v) is 3.31. The highest BCUT2D eigenvalue weighted by atomic mass is 35.5. The highest BCUT2D eigenvalue weighted by molar-refractivity contribution is 6.29. The van der Waals surface area contributed by atoms with Crippen LogP contribution >= 0.6 is 11.6 Å². The number of hydrogen-bond donors (Lipinski definition) is 0. The van der Waals surface area contributed by atoms with E-state index in [1.807, 2.05) is 0 Å². The van der Waals surface area contributed by atoms with Crippen molar-refractivity contribution in [2.24, 2.45) is 0 Å². The summed E-state index contributed by atoms with van der Waals surface area (Å²) in [7, 11) is 0. The van der Waals surface area contributed by atoms with Gasteiger partial charge in [-0.3, -0.25) is 0 Å². The largest absolute Gasteiger partial charge is 0.235 e. The van der Waals surface area contributed by atoms with Gasteiger partial charge < -0.3 is 0 Å². The SMILES string of the molecule is Fc1cccc(-c2ccc(Cl)nc2-c2cccc(F)c2)c1. The molecule has 0 aliphatic carbocycles. The molecule has 0 unspecified atom stereocenters. The summed E-state index contributed by atoms with van der Waals surface area (Å²) in [5.74, 6) is -0.702. The van der Waals surface area contributed by atoms with Gasteiger partial charge in [-0.1, -0.05) is 35.9 Å². The lowest BCUT2D eigenvalue weighted by molar-refractivity contribution is 0.627. The van der Waals surface area contributed by atoms with Crippen molar-refractivity contribution in [3.8, 4) is 22.4 Å². The van der Waals surface area contributed by atoms with Crippen molar-refractivity contribution in [3.63, 3.8) is 0 Å². The number of rotatable bonds is 2. The number of nitrogens with zero attached hydrogens (tertiary/aromatic N) is 1. The van der Waals surface area contributed by atoms with Crippen LogP contribution in [0.5, 0.6) is 0 Å². The Bertz CT molecular complexity index is 802. The topological polar surface area (TPSA) is 12.9 Å². The first-order valence-corrected chi connectivity index (χ1v) is 6.70. The lowest BCUT2D eigenvalue weighted by Gasteiger charge is -2.10. The molecule has 0 aliphatic heterocycles. The number of aromatic nitrogens is 1. The summed E-state index contributed by atoms with van der Waals surface area (Å²) in [5.41, 5.74) is 2.48. The Labute approximate surface area is 125 Å². The summed E-state index contributed by atoms with van der Waals surface area (Å²) >= 11 is 5.95. The predicted molar refractivity (Wildman–Crippen MR) is 80.0 cm³/mol. The van der Waals surface area contributed by atoms with Crippen LogP contribution in [-0.4, -0.2) is 4.98 Å². The molecule has 0 bridgehead atoms. The van der Waals surface area contributed by atoms with Gasteiger partial charge in [-0.05, 0) is 42.0 Å². The number of benzene rings is 2. The van der Waals surface area contributed by atoms with Crippen molar-refractivity contribution in [1.82, 2.24) is 4.98 Å². The Hall–Kier alpha value is -2.26. The Morgan fingerprint density at radius 1 is 0.762 bits per heavy atom. The van der Waals surface area contributed by atoms with Gasteiger partial charge in [0.05, 0.1) is 5.69 Å². The second-order valence-corrected chi connectivity index (χ2v) is 4.94. The maximum Gasteiger partial charge on any atom is 0.129 e. The molecule has 1 heterocycles. The summed E-state index contributed by atoms with van der Waals surface area (Å²) in [6, 6.07) is 15.6. The van der Waals surface area contributed by atoms with E-state index in [4.69, 9.17) is 11.6 Å². The van der Waals surface area contributed by atoms with Gasteiger partial charge >= 0.3 is 0 Å². The minimum absolute atomic E-state index is 0.300. The fraction of sp³-hybridized carbons (Fsp3) is 0. The van der Waals surface area contributed by atoms with Crippen LogP contribution in [0.15, 0.2) is 60.7 Å². The molecule has 0 saturated carbocycles. The predicted octanol–water partition coefficient (Wildman–Crippen LogP) is 5.35. The van der Waals surface area contributed by atoms with Crippen LogP contribution < -0.4 is 0 Å². The number of halogens is 3. The van der Waals surface area contributed by atoms with Crippen molar-refractivity contribution in [2.75, 3.05) is 0 Å². The zero-order valence-electron chi connectivity index (χ0n) is 10.9. The monoisotopic (exact) mass is 301 g/mol. The lowest BCUT2D eigenvalue weighted by atomic mass is 9.99. The molecule has 3 rings (SSSR count). The normalized spacial score (nSPS) is 10.6. The van der Waals surface area contributed by atoms with E-state index in [1.165, 1.54) is 24.3 Å². The summed E-state index contributed by atoms with van der Waals surface area (Å²) in [4.78, 5) is 4.27. The Kier molecular flexibility index (Phi) is 3.67. The fourth-order valence-corrected chi connectivity index (χ4v) is 2.33. The van der Waals surface area contributed by atoms with Gasteiger partial charge in [0.25, 0.3) is 0 Å². The maximum atomic E-state index is 13.4. The molecule has 104 valence electrons. The molecule has 0 saturated heterocycles. The van der Waals surface area contributed by atoms with E-state index in [1.54, 1.807) is 36.4 Å². The van der Waals surface area contributed by atoms with Gasteiger partial charge in [0.2, 0.25) is 0 Å². The number of pyridine rings is 1. The van der Waals surface area contributed by atoms with Gasteiger partial charge in [0.15, 0.2) is 0 Å². The molecule has 0 radical (unpaired) electrons. The van der Waals surface area contributed by atoms with Crippen LogP contribution in [0.4, 0.5) is 8.78 Å². The van der Waals surface area contributed by atoms with E-state index in [-0.39, 0.29) is 11.6 Å². The molecule has 3 aromatic rings. The van der Waals surface area contributed by atoms with Gasteiger partial charge in [-0.15, -0.1) is 0 Å². The molecule has 2 aromatic carbocycles. The van der Waals surface area contributed by atoms with E-state index >= 15 is 0 Å². The average molecular weight is 302 g/mol. The second-order valence-electron chi connectivity index (χ2n) is 4.55. The zero-order valence-corrected chi connectivity index (χ0v) is 11.6. The van der Waals surface area contributed by atoms with Crippen molar-refractivity contribution in [3.05, 3.63) is 77.5 Å². The standard InChI is InChI=1S/C17H10ClF2N/c18-16-8-7-15(11-3-1-5-13(19)9-11)17(21-16)12-4-2-6-14(20)10-12/h1-10H. The smallest absolute Gasteiger partial charge is 0.129 e. The van der Waals surface area contributed by atoms with E-state index < -0.39 is 0 Å². The first-order valence-electron chi connectivity index (χ1n) is 6.32. The molecule has 21 heavy (non-hydrogen) atoms. The van der Waals surface area contributed by atoms with E-state index in [2.05, 4.69) is 4.98 Å². The molecule has 0 N–H and O–H groups in total. The second kappa shape index (κ2) is 5.62. The highest BCUT2D eigenvalue weighted by Gasteiger charge is 2.11. The van der Waals surface area contributed by atoms with Crippen LogP contribution in [0.3, 0.4) is 0 Å². The quantitative estimate of drug-likeness (QED) is 0.582. The van der Waals surface area contributed by atoms with Crippen LogP contribution in [-0.2, 0) is 0 Å². The first-order chi connectivity index (χ1) is 10.1. The molecule has 0 spiro atoms. The first kappa shape index (κ1) is 13.7. The Morgan fingerprint density at radius 3 is 2.05 bits per heavy atom.